The van der Waals surface area contributed by atoms with E-state index in [0.29, 0.717) is 23.0 Å². The molecule has 3 heterocycles. The van der Waals surface area contributed by atoms with Crippen LogP contribution < -0.4 is 15.1 Å². The Morgan fingerprint density at radius 2 is 1.62 bits per heavy atom. The average Bonchev–Trinajstić information content (AvgIpc) is 3.93. The van der Waals surface area contributed by atoms with E-state index < -0.39 is 11.4 Å². The molecule has 0 aliphatic carbocycles. The third kappa shape index (κ3) is 7.74. The molecule has 2 atom stereocenters. The molecule has 2 unspecified atom stereocenters. The minimum Gasteiger partial charge on any atom is -0.480 e. The van der Waals surface area contributed by atoms with Crippen LogP contribution in [-0.4, -0.2) is 61.8 Å². The number of anilines is 2. The van der Waals surface area contributed by atoms with Crippen molar-refractivity contribution in [1.29, 1.82) is 0 Å². The van der Waals surface area contributed by atoms with Crippen molar-refractivity contribution >= 4 is 40.8 Å². The largest absolute Gasteiger partial charge is 0.480 e. The Morgan fingerprint density at radius 1 is 0.923 bits per heavy atom. The first-order valence-corrected chi connectivity index (χ1v) is 19.4. The molecule has 52 heavy (non-hydrogen) atoms. The average molecular weight is 722 g/mol. The Bertz CT molecular complexity index is 1900. The topological polar surface area (TPSA) is 105 Å². The summed E-state index contributed by atoms with van der Waals surface area (Å²) in [5, 5.41) is 17.9. The molecule has 3 aromatic carbocycles. The highest BCUT2D eigenvalue weighted by Gasteiger charge is 2.42. The number of nitrogens with zero attached hydrogens (tertiary/aromatic N) is 6. The highest BCUT2D eigenvalue weighted by molar-refractivity contribution is 8.01. The second-order valence-corrected chi connectivity index (χ2v) is 15.9. The Morgan fingerprint density at radius 3 is 2.27 bits per heavy atom. The molecular formula is C41H51N7O3S. The summed E-state index contributed by atoms with van der Waals surface area (Å²) in [4.78, 5) is 29.9. The van der Waals surface area contributed by atoms with Gasteiger partial charge in [0.2, 0.25) is 0 Å². The van der Waals surface area contributed by atoms with Gasteiger partial charge in [0, 0.05) is 30.0 Å². The molecule has 2 aliphatic heterocycles. The fourth-order valence-electron chi connectivity index (χ4n) is 6.43. The number of rotatable bonds is 13. The van der Waals surface area contributed by atoms with Crippen LogP contribution in [-0.2, 0) is 20.4 Å². The van der Waals surface area contributed by atoms with Crippen LogP contribution in [0.2, 0.25) is 0 Å². The number of thioether (sulfide) groups is 1. The first kappa shape index (κ1) is 37.1. The van der Waals surface area contributed by atoms with E-state index in [1.54, 1.807) is 18.5 Å². The van der Waals surface area contributed by atoms with Gasteiger partial charge in [-0.05, 0) is 91.0 Å². The number of amides is 2. The monoisotopic (exact) mass is 721 g/mol. The lowest BCUT2D eigenvalue weighted by Crippen LogP contribution is -2.37. The van der Waals surface area contributed by atoms with E-state index >= 15 is 0 Å². The third-order valence-corrected chi connectivity index (χ3v) is 11.8. The number of aromatic nitrogens is 3. The highest BCUT2D eigenvalue weighted by Crippen LogP contribution is 2.39. The first-order valence-electron chi connectivity index (χ1n) is 18.5. The number of likely N-dealkylation sites (tertiary alicyclic amines) is 1. The number of amidine groups is 1. The summed E-state index contributed by atoms with van der Waals surface area (Å²) in [6.07, 6.45) is 5.56. The molecule has 0 bridgehead atoms. The van der Waals surface area contributed by atoms with E-state index in [4.69, 9.17) is 9.84 Å². The van der Waals surface area contributed by atoms with E-state index in [1.165, 1.54) is 22.3 Å². The number of hydrogen-bond donors (Lipinski definition) is 1. The van der Waals surface area contributed by atoms with Crippen LogP contribution in [0.1, 0.15) is 91.7 Å². The van der Waals surface area contributed by atoms with Gasteiger partial charge < -0.3 is 15.0 Å². The number of carbonyl (C=O) groups excluding carboxylic acids is 2. The highest BCUT2D eigenvalue weighted by atomic mass is 32.2. The van der Waals surface area contributed by atoms with Gasteiger partial charge in [0.05, 0.1) is 5.69 Å². The van der Waals surface area contributed by atoms with Crippen molar-refractivity contribution in [2.45, 2.75) is 108 Å². The van der Waals surface area contributed by atoms with Crippen LogP contribution in [0.5, 0.6) is 5.75 Å². The summed E-state index contributed by atoms with van der Waals surface area (Å²) < 4.78 is 8.38. The molecule has 0 radical (unpaired) electrons. The predicted octanol–water partition coefficient (Wildman–Crippen LogP) is 8.36. The zero-order valence-electron chi connectivity index (χ0n) is 31.4. The maximum atomic E-state index is 14.0. The van der Waals surface area contributed by atoms with E-state index in [1.807, 2.05) is 60.0 Å². The SMILES string of the molecule is CCC(Oc1ccc(C(C)(C)CC)cc1C(C)(C)CC)C(=O)Nc1ccc(N2N=C(N3CCCC3)C(Sc3nncn3-c3ccccc3)C2=O)cc1. The maximum absolute atomic E-state index is 14.0. The van der Waals surface area contributed by atoms with Gasteiger partial charge >= 0.3 is 0 Å². The molecule has 1 fully saturated rings. The summed E-state index contributed by atoms with van der Waals surface area (Å²) in [6, 6.07) is 23.5. The van der Waals surface area contributed by atoms with Gasteiger partial charge in [-0.3, -0.25) is 14.2 Å². The Kier molecular flexibility index (Phi) is 11.1. The Labute approximate surface area is 312 Å². The molecule has 2 amide bonds. The first-order chi connectivity index (χ1) is 25.0. The molecule has 0 saturated carbocycles. The summed E-state index contributed by atoms with van der Waals surface area (Å²) >= 11 is 1.36. The van der Waals surface area contributed by atoms with Crippen LogP contribution in [0.4, 0.5) is 11.4 Å². The van der Waals surface area contributed by atoms with Crippen molar-refractivity contribution in [3.8, 4) is 11.4 Å². The lowest BCUT2D eigenvalue weighted by Gasteiger charge is -2.31. The molecule has 1 aromatic heterocycles. The summed E-state index contributed by atoms with van der Waals surface area (Å²) in [5.41, 5.74) is 4.45. The zero-order valence-corrected chi connectivity index (χ0v) is 32.2. The minimum atomic E-state index is -0.681. The van der Waals surface area contributed by atoms with Crippen LogP contribution in [0.15, 0.2) is 89.4 Å². The lowest BCUT2D eigenvalue weighted by atomic mass is 9.76. The normalized spacial score (nSPS) is 17.0. The summed E-state index contributed by atoms with van der Waals surface area (Å²) in [6.45, 7) is 17.0. The number of hydrogen-bond acceptors (Lipinski definition) is 8. The number of benzene rings is 3. The molecule has 10 nitrogen and oxygen atoms in total. The molecule has 6 rings (SSSR count). The van der Waals surface area contributed by atoms with Crippen molar-refractivity contribution in [3.63, 3.8) is 0 Å². The van der Waals surface area contributed by atoms with Crippen molar-refractivity contribution in [3.05, 3.63) is 90.3 Å². The van der Waals surface area contributed by atoms with Gasteiger partial charge in [-0.2, -0.15) is 10.1 Å². The summed E-state index contributed by atoms with van der Waals surface area (Å²) in [7, 11) is 0. The van der Waals surface area contributed by atoms with Crippen molar-refractivity contribution in [1.82, 2.24) is 19.7 Å². The van der Waals surface area contributed by atoms with Gasteiger partial charge in [0.25, 0.3) is 11.8 Å². The smallest absolute Gasteiger partial charge is 0.268 e. The Balaban J connectivity index is 1.18. The van der Waals surface area contributed by atoms with Gasteiger partial charge in [-0.1, -0.05) is 90.6 Å². The fraction of sp³-hybridized carbons (Fsp3) is 0.439. The number of nitrogens with one attached hydrogen (secondary N) is 1. The molecule has 274 valence electrons. The second-order valence-electron chi connectivity index (χ2n) is 14.9. The number of ether oxygens (including phenoxy) is 1. The van der Waals surface area contributed by atoms with E-state index in [0.717, 1.165) is 61.6 Å². The van der Waals surface area contributed by atoms with E-state index in [9.17, 15) is 9.59 Å². The van der Waals surface area contributed by atoms with E-state index in [2.05, 4.69) is 74.1 Å². The number of hydrazone groups is 1. The predicted molar refractivity (Wildman–Crippen MR) is 210 cm³/mol. The Hall–Kier alpha value is -4.64. The number of para-hydroxylation sites is 1. The van der Waals surface area contributed by atoms with Gasteiger partial charge in [0.15, 0.2) is 16.5 Å². The van der Waals surface area contributed by atoms with Crippen molar-refractivity contribution < 1.29 is 14.3 Å². The van der Waals surface area contributed by atoms with Crippen LogP contribution in [0.3, 0.4) is 0 Å². The number of carbonyl (C=O) groups is 2. The fourth-order valence-corrected chi connectivity index (χ4v) is 7.50. The molecule has 11 heteroatoms. The lowest BCUT2D eigenvalue weighted by molar-refractivity contribution is -0.123. The molecule has 2 aliphatic rings. The molecule has 0 spiro atoms. The molecular weight excluding hydrogens is 671 g/mol. The van der Waals surface area contributed by atoms with Crippen molar-refractivity contribution in [2.24, 2.45) is 5.10 Å². The molecule has 4 aromatic rings. The van der Waals surface area contributed by atoms with Crippen LogP contribution in [0, 0.1) is 0 Å². The molecule has 1 saturated heterocycles. The van der Waals surface area contributed by atoms with Gasteiger partial charge in [-0.25, -0.2) is 0 Å². The third-order valence-electron chi connectivity index (χ3n) is 10.6. The zero-order chi connectivity index (χ0) is 37.0. The second kappa shape index (κ2) is 15.5. The summed E-state index contributed by atoms with van der Waals surface area (Å²) in [5.74, 6) is 1.10. The molecule has 1 N–H and O–H groups in total. The van der Waals surface area contributed by atoms with Crippen LogP contribution in [0.25, 0.3) is 5.69 Å². The van der Waals surface area contributed by atoms with Crippen molar-refractivity contribution in [2.75, 3.05) is 23.4 Å². The maximum Gasteiger partial charge on any atom is 0.268 e. The minimum absolute atomic E-state index is 0.0363. The van der Waals surface area contributed by atoms with Gasteiger partial charge in [0.1, 0.15) is 17.9 Å². The standard InChI is InChI=1S/C41H51N7O3S/c1-8-33(51-34-23-18-28(40(4,5)9-2)26-32(34)41(6,7)10-3)37(49)43-29-19-21-31(22-20-29)48-38(50)35(36(45-48)46-24-14-15-25-46)52-39-44-42-27-47(39)30-16-12-11-13-17-30/h11-13,16-23,26-27,33,35H,8-10,14-15,24-25H2,1-7H3,(H,43,49). The van der Waals surface area contributed by atoms with Gasteiger partial charge in [-0.15, -0.1) is 10.2 Å². The quantitative estimate of drug-likeness (QED) is 0.148. The van der Waals surface area contributed by atoms with Crippen LogP contribution >= 0.6 is 11.8 Å². The van der Waals surface area contributed by atoms with E-state index in [-0.39, 0.29) is 22.6 Å².